The summed E-state index contributed by atoms with van der Waals surface area (Å²) in [5.41, 5.74) is 1.26. The van der Waals surface area contributed by atoms with E-state index in [1.807, 2.05) is 69.3 Å². The van der Waals surface area contributed by atoms with Crippen molar-refractivity contribution in [3.63, 3.8) is 0 Å². The second-order valence-electron chi connectivity index (χ2n) is 8.52. The van der Waals surface area contributed by atoms with Crippen LogP contribution in [-0.2, 0) is 23.1 Å². The number of benzene rings is 2. The van der Waals surface area contributed by atoms with Gasteiger partial charge in [-0.05, 0) is 68.3 Å². The number of hydrogen-bond acceptors (Lipinski definition) is 6. The Morgan fingerprint density at radius 2 is 1.21 bits per heavy atom. The molecule has 0 unspecified atom stereocenters. The first-order valence-corrected chi connectivity index (χ1v) is 12.0. The van der Waals surface area contributed by atoms with Gasteiger partial charge < -0.3 is 14.2 Å². The van der Waals surface area contributed by atoms with Gasteiger partial charge in [0.25, 0.3) is 10.0 Å². The molecule has 0 aliphatic rings. The Morgan fingerprint density at radius 3 is 1.58 bits per heavy atom. The molecule has 0 spiro atoms. The summed E-state index contributed by atoms with van der Waals surface area (Å²) in [6.07, 6.45) is 1.44. The first kappa shape index (κ1) is 24.5. The summed E-state index contributed by atoms with van der Waals surface area (Å²) in [7, 11) is -0.702. The minimum absolute atomic E-state index is 0.0363. The zero-order valence-corrected chi connectivity index (χ0v) is 20.4. The molecule has 0 radical (unpaired) electrons. The molecule has 176 valence electrons. The van der Waals surface area contributed by atoms with E-state index >= 15 is 0 Å². The Kier molecular flexibility index (Phi) is 7.61. The van der Waals surface area contributed by atoms with Gasteiger partial charge in [-0.25, -0.2) is 13.4 Å². The Hall–Kier alpha value is -3.10. The molecule has 0 amide bonds. The van der Waals surface area contributed by atoms with Crippen molar-refractivity contribution in [1.29, 1.82) is 0 Å². The molecule has 0 bridgehead atoms. The third-order valence-electron chi connectivity index (χ3n) is 4.77. The van der Waals surface area contributed by atoms with Crippen molar-refractivity contribution in [2.45, 2.75) is 44.5 Å². The van der Waals surface area contributed by atoms with Crippen molar-refractivity contribution in [3.8, 4) is 17.2 Å². The second-order valence-corrected chi connectivity index (χ2v) is 10.4. The summed E-state index contributed by atoms with van der Waals surface area (Å²) in [6.45, 7) is 6.12. The Labute approximate surface area is 196 Å². The molecule has 3 rings (SSSR count). The first-order chi connectivity index (χ1) is 15.6. The van der Waals surface area contributed by atoms with E-state index < -0.39 is 15.6 Å². The molecular weight excluding hydrogens is 440 g/mol. The summed E-state index contributed by atoms with van der Waals surface area (Å²) in [5.74, 6) is 1.93. The van der Waals surface area contributed by atoms with Crippen molar-refractivity contribution in [1.82, 2.24) is 9.29 Å². The molecule has 2 aromatic carbocycles. The minimum atomic E-state index is -3.89. The van der Waals surface area contributed by atoms with Crippen molar-refractivity contribution < 1.29 is 22.6 Å². The number of hydrogen-bond donors (Lipinski definition) is 0. The molecule has 0 N–H and O–H groups in total. The number of nitrogens with zero attached hydrogens (tertiary/aromatic N) is 2. The van der Waals surface area contributed by atoms with Crippen LogP contribution in [-0.4, -0.2) is 37.5 Å². The van der Waals surface area contributed by atoms with E-state index in [1.165, 1.54) is 16.6 Å². The predicted molar refractivity (Wildman–Crippen MR) is 127 cm³/mol. The lowest BCUT2D eigenvalue weighted by atomic mass is 10.2. The molecule has 0 atom stereocenters. The summed E-state index contributed by atoms with van der Waals surface area (Å²) < 4.78 is 44.7. The Bertz CT molecular complexity index is 1090. The van der Waals surface area contributed by atoms with Crippen LogP contribution in [0.5, 0.6) is 17.2 Å². The zero-order valence-electron chi connectivity index (χ0n) is 19.6. The van der Waals surface area contributed by atoms with Crippen LogP contribution in [0.1, 0.15) is 31.9 Å². The Balaban J connectivity index is 1.91. The number of methoxy groups -OCH3 is 2. The number of aromatic nitrogens is 1. The number of ether oxygens (including phenoxy) is 3. The highest BCUT2D eigenvalue weighted by molar-refractivity contribution is 7.89. The van der Waals surface area contributed by atoms with E-state index in [0.29, 0.717) is 17.2 Å². The largest absolute Gasteiger partial charge is 0.497 e. The third-order valence-corrected chi connectivity index (χ3v) is 6.48. The smallest absolute Gasteiger partial charge is 0.261 e. The lowest BCUT2D eigenvalue weighted by Crippen LogP contribution is -2.31. The number of sulfonamides is 1. The summed E-state index contributed by atoms with van der Waals surface area (Å²) in [6, 6.07) is 17.7. The van der Waals surface area contributed by atoms with Crippen LogP contribution in [0.15, 0.2) is 71.9 Å². The fourth-order valence-electron chi connectivity index (χ4n) is 3.16. The van der Waals surface area contributed by atoms with Crippen LogP contribution >= 0.6 is 0 Å². The van der Waals surface area contributed by atoms with E-state index in [-0.39, 0.29) is 18.1 Å². The van der Waals surface area contributed by atoms with Crippen molar-refractivity contribution in [2.24, 2.45) is 0 Å². The molecule has 0 fully saturated rings. The van der Waals surface area contributed by atoms with Gasteiger partial charge in [-0.15, -0.1) is 0 Å². The lowest BCUT2D eigenvalue weighted by Gasteiger charge is -2.23. The summed E-state index contributed by atoms with van der Waals surface area (Å²) in [4.78, 5) is 4.20. The normalized spacial score (nSPS) is 11.9. The quantitative estimate of drug-likeness (QED) is 0.452. The molecule has 7 nitrogen and oxygen atoms in total. The molecule has 0 aliphatic heterocycles. The lowest BCUT2D eigenvalue weighted by molar-refractivity contribution is 0.130. The average molecular weight is 471 g/mol. The zero-order chi connectivity index (χ0) is 24.1. The molecule has 0 saturated heterocycles. The number of pyridine rings is 1. The highest BCUT2D eigenvalue weighted by Gasteiger charge is 2.27. The van der Waals surface area contributed by atoms with Crippen LogP contribution in [0.3, 0.4) is 0 Å². The van der Waals surface area contributed by atoms with Gasteiger partial charge in [-0.2, -0.15) is 4.31 Å². The monoisotopic (exact) mass is 470 g/mol. The van der Waals surface area contributed by atoms with Crippen molar-refractivity contribution in [2.75, 3.05) is 14.2 Å². The van der Waals surface area contributed by atoms with E-state index in [0.717, 1.165) is 11.1 Å². The van der Waals surface area contributed by atoms with Gasteiger partial charge in [0, 0.05) is 13.1 Å². The first-order valence-electron chi connectivity index (χ1n) is 10.5. The molecule has 0 aliphatic carbocycles. The predicted octanol–water partition coefficient (Wildman–Crippen LogP) is 4.67. The van der Waals surface area contributed by atoms with Gasteiger partial charge >= 0.3 is 0 Å². The standard InChI is InChI=1S/C25H30N2O5S/c1-25(2,3)32-23-14-15-24(26-16-23)33(28,29)27(17-19-6-10-21(30-4)11-7-19)18-20-8-12-22(31-5)13-9-20/h6-16H,17-18H2,1-5H3. The fraction of sp³-hybridized carbons (Fsp3) is 0.320. The molecular formula is C25H30N2O5S. The maximum atomic E-state index is 13.6. The van der Waals surface area contributed by atoms with Crippen LogP contribution in [0.2, 0.25) is 0 Å². The van der Waals surface area contributed by atoms with Gasteiger partial charge in [0.2, 0.25) is 0 Å². The maximum absolute atomic E-state index is 13.6. The van der Waals surface area contributed by atoms with Crippen LogP contribution in [0, 0.1) is 0 Å². The van der Waals surface area contributed by atoms with Gasteiger partial charge in [0.1, 0.15) is 22.8 Å². The molecule has 0 saturated carbocycles. The Morgan fingerprint density at radius 1 is 0.758 bits per heavy atom. The minimum Gasteiger partial charge on any atom is -0.497 e. The van der Waals surface area contributed by atoms with E-state index in [2.05, 4.69) is 4.98 Å². The highest BCUT2D eigenvalue weighted by atomic mass is 32.2. The van der Waals surface area contributed by atoms with Crippen LogP contribution in [0.4, 0.5) is 0 Å². The molecule has 1 aromatic heterocycles. The second kappa shape index (κ2) is 10.2. The summed E-state index contributed by atoms with van der Waals surface area (Å²) in [5, 5.41) is -0.0363. The van der Waals surface area contributed by atoms with E-state index in [9.17, 15) is 8.42 Å². The van der Waals surface area contributed by atoms with Gasteiger partial charge in [0.15, 0.2) is 5.03 Å². The van der Waals surface area contributed by atoms with E-state index in [4.69, 9.17) is 14.2 Å². The summed E-state index contributed by atoms with van der Waals surface area (Å²) >= 11 is 0. The van der Waals surface area contributed by atoms with Crippen molar-refractivity contribution in [3.05, 3.63) is 78.0 Å². The van der Waals surface area contributed by atoms with Gasteiger partial charge in [0.05, 0.1) is 20.4 Å². The fourth-order valence-corrected chi connectivity index (χ4v) is 4.49. The maximum Gasteiger partial charge on any atom is 0.261 e. The molecule has 8 heteroatoms. The third kappa shape index (κ3) is 6.69. The van der Waals surface area contributed by atoms with Crippen molar-refractivity contribution >= 4 is 10.0 Å². The van der Waals surface area contributed by atoms with Gasteiger partial charge in [-0.3, -0.25) is 0 Å². The molecule has 33 heavy (non-hydrogen) atoms. The topological polar surface area (TPSA) is 78.0 Å². The number of rotatable bonds is 9. The molecule has 3 aromatic rings. The van der Waals surface area contributed by atoms with Gasteiger partial charge in [-0.1, -0.05) is 24.3 Å². The highest BCUT2D eigenvalue weighted by Crippen LogP contribution is 2.24. The average Bonchev–Trinajstić information content (AvgIpc) is 2.79. The SMILES string of the molecule is COc1ccc(CN(Cc2ccc(OC)cc2)S(=O)(=O)c2ccc(OC(C)(C)C)cn2)cc1. The van der Waals surface area contributed by atoms with Crippen LogP contribution in [0.25, 0.3) is 0 Å². The van der Waals surface area contributed by atoms with Crippen LogP contribution < -0.4 is 14.2 Å². The van der Waals surface area contributed by atoms with E-state index in [1.54, 1.807) is 20.3 Å². The molecule has 1 heterocycles.